The molecule has 2 aromatic rings. The van der Waals surface area contributed by atoms with Crippen LogP contribution in [-0.4, -0.2) is 11.6 Å². The van der Waals surface area contributed by atoms with Crippen LogP contribution in [0, 0.1) is 6.92 Å². The van der Waals surface area contributed by atoms with Gasteiger partial charge in [-0.05, 0) is 13.8 Å². The monoisotopic (exact) mass is 266 g/mol. The molecule has 0 bridgehead atoms. The first-order chi connectivity index (χ1) is 9.56. The highest BCUT2D eigenvalue weighted by atomic mass is 16.1. The van der Waals surface area contributed by atoms with Gasteiger partial charge in [0.15, 0.2) is 30.2 Å². The molecule has 0 N–H and O–H groups in total. The molecule has 0 saturated carbocycles. The predicted molar refractivity (Wildman–Crippen MR) is 77.5 cm³/mol. The summed E-state index contributed by atoms with van der Waals surface area (Å²) in [4.78, 5) is 23.1. The lowest BCUT2D eigenvalue weighted by atomic mass is 10.1. The Morgan fingerprint density at radius 2 is 1.55 bits per heavy atom. The third-order valence-electron chi connectivity index (χ3n) is 2.99. The van der Waals surface area contributed by atoms with Crippen LogP contribution in [0.3, 0.4) is 0 Å². The maximum Gasteiger partial charge on any atom is 0.191 e. The molecule has 2 rings (SSSR count). The number of carbonyl (C=O) groups is 2. The maximum absolute atomic E-state index is 12.0. The number of aryl methyl sites for hydroxylation is 1. The summed E-state index contributed by atoms with van der Waals surface area (Å²) in [5.41, 5.74) is 2.44. The molecule has 3 nitrogen and oxygen atoms in total. The molecule has 0 saturated heterocycles. The topological polar surface area (TPSA) is 38.0 Å². The van der Waals surface area contributed by atoms with Gasteiger partial charge in [0, 0.05) is 23.3 Å². The van der Waals surface area contributed by atoms with E-state index in [9.17, 15) is 9.59 Å². The molecule has 3 heteroatoms. The van der Waals surface area contributed by atoms with Gasteiger partial charge in [0.25, 0.3) is 0 Å². The number of hydrogen-bond acceptors (Lipinski definition) is 2. The molecule has 20 heavy (non-hydrogen) atoms. The zero-order chi connectivity index (χ0) is 14.5. The zero-order valence-corrected chi connectivity index (χ0v) is 11.5. The lowest BCUT2D eigenvalue weighted by Crippen LogP contribution is -2.25. The van der Waals surface area contributed by atoms with E-state index in [1.54, 1.807) is 35.3 Å². The van der Waals surface area contributed by atoms with Crippen molar-refractivity contribution in [1.29, 1.82) is 0 Å². The number of allylic oxidation sites excluding steroid dienone is 1. The summed E-state index contributed by atoms with van der Waals surface area (Å²) in [5, 5.41) is 0. The van der Waals surface area contributed by atoms with Gasteiger partial charge in [-0.15, -0.1) is 0 Å². The Kier molecular flexibility index (Phi) is 4.20. The molecule has 0 aliphatic heterocycles. The Morgan fingerprint density at radius 3 is 2.10 bits per heavy atom. The van der Waals surface area contributed by atoms with E-state index in [0.717, 1.165) is 5.56 Å². The van der Waals surface area contributed by atoms with E-state index in [4.69, 9.17) is 0 Å². The number of ketones is 2. The Hall–Kier alpha value is -2.55. The Labute approximate surface area is 118 Å². The Balaban J connectivity index is 2.10. The molecule has 1 aromatic carbocycles. The van der Waals surface area contributed by atoms with Crippen molar-refractivity contribution in [3.63, 3.8) is 0 Å². The fraction of sp³-hybridized carbons (Fsp3) is 0.118. The van der Waals surface area contributed by atoms with Crippen LogP contribution in [-0.2, 0) is 0 Å². The van der Waals surface area contributed by atoms with Crippen LogP contribution in [0.1, 0.15) is 33.2 Å². The summed E-state index contributed by atoms with van der Waals surface area (Å²) in [7, 11) is 0. The highest BCUT2D eigenvalue weighted by molar-refractivity contribution is 6.05. The fourth-order valence-electron chi connectivity index (χ4n) is 1.74. The summed E-state index contributed by atoms with van der Waals surface area (Å²) in [6.45, 7) is 3.51. The van der Waals surface area contributed by atoms with Crippen molar-refractivity contribution >= 4 is 17.8 Å². The average Bonchev–Trinajstić information content (AvgIpc) is 2.46. The van der Waals surface area contributed by atoms with E-state index in [2.05, 4.69) is 0 Å². The molecule has 0 spiro atoms. The number of Topliss-reactive ketones (excluding diaryl/α,β-unsaturated/α-hetero) is 1. The summed E-state index contributed by atoms with van der Waals surface area (Å²) < 4.78 is 1.73. The van der Waals surface area contributed by atoms with Crippen molar-refractivity contribution in [3.8, 4) is 0 Å². The van der Waals surface area contributed by atoms with E-state index in [0.29, 0.717) is 11.1 Å². The number of nitrogens with zero attached hydrogens (tertiary/aromatic N) is 1. The summed E-state index contributed by atoms with van der Waals surface area (Å²) in [5.74, 6) is -0.0231. The summed E-state index contributed by atoms with van der Waals surface area (Å²) in [6, 6.07) is 10.9. The second-order valence-corrected chi connectivity index (χ2v) is 4.64. The second-order valence-electron chi connectivity index (χ2n) is 4.64. The number of hydrogen-bond donors (Lipinski definition) is 0. The standard InChI is InChI=1S/C17H16NO2/c1-13-3-5-16(6-4-13)17(20)9-12-18-10-7-15(8-11-18)14(2)19/h3-12H,1-2H3/q+1/b12-9+. The SMILES string of the molecule is CC(=O)c1cc[n+](/C=C/C(=O)c2ccc(C)cc2)cc1. The maximum atomic E-state index is 12.0. The predicted octanol–water partition coefficient (Wildman–Crippen LogP) is 2.84. The van der Waals surface area contributed by atoms with Crippen LogP contribution >= 0.6 is 0 Å². The average molecular weight is 266 g/mol. The van der Waals surface area contributed by atoms with Crippen molar-refractivity contribution < 1.29 is 14.2 Å². The van der Waals surface area contributed by atoms with Gasteiger partial charge < -0.3 is 0 Å². The van der Waals surface area contributed by atoms with Crippen LogP contribution < -0.4 is 4.57 Å². The molecule has 100 valence electrons. The fourth-order valence-corrected chi connectivity index (χ4v) is 1.74. The minimum atomic E-state index is -0.0480. The van der Waals surface area contributed by atoms with Crippen molar-refractivity contribution in [2.24, 2.45) is 0 Å². The van der Waals surface area contributed by atoms with Gasteiger partial charge in [-0.3, -0.25) is 9.59 Å². The van der Waals surface area contributed by atoms with E-state index < -0.39 is 0 Å². The molecule has 1 aromatic heterocycles. The van der Waals surface area contributed by atoms with Gasteiger partial charge in [-0.1, -0.05) is 29.8 Å². The van der Waals surface area contributed by atoms with Gasteiger partial charge >= 0.3 is 0 Å². The molecular weight excluding hydrogens is 250 g/mol. The largest absolute Gasteiger partial charge is 0.295 e. The summed E-state index contributed by atoms with van der Waals surface area (Å²) in [6.07, 6.45) is 6.68. The molecule has 0 unspecified atom stereocenters. The highest BCUT2D eigenvalue weighted by Crippen LogP contribution is 2.04. The molecule has 0 aliphatic carbocycles. The Bertz CT molecular complexity index is 652. The smallest absolute Gasteiger partial charge is 0.191 e. The number of carbonyl (C=O) groups excluding carboxylic acids is 2. The van der Waals surface area contributed by atoms with E-state index >= 15 is 0 Å². The van der Waals surface area contributed by atoms with Crippen molar-refractivity contribution in [2.45, 2.75) is 13.8 Å². The van der Waals surface area contributed by atoms with Crippen molar-refractivity contribution in [3.05, 3.63) is 71.6 Å². The molecule has 1 heterocycles. The molecular formula is C17H16NO2+. The number of aromatic nitrogens is 1. The number of rotatable bonds is 4. The van der Waals surface area contributed by atoms with E-state index in [1.807, 2.05) is 31.2 Å². The first kappa shape index (κ1) is 13.9. The van der Waals surface area contributed by atoms with E-state index in [1.165, 1.54) is 13.0 Å². The zero-order valence-electron chi connectivity index (χ0n) is 11.5. The molecule has 0 fully saturated rings. The van der Waals surface area contributed by atoms with Crippen LogP contribution in [0.2, 0.25) is 0 Å². The lowest BCUT2D eigenvalue weighted by molar-refractivity contribution is -0.568. The quantitative estimate of drug-likeness (QED) is 0.485. The van der Waals surface area contributed by atoms with Crippen LogP contribution in [0.25, 0.3) is 6.20 Å². The van der Waals surface area contributed by atoms with Gasteiger partial charge in [0.1, 0.15) is 0 Å². The highest BCUT2D eigenvalue weighted by Gasteiger charge is 2.04. The third kappa shape index (κ3) is 3.48. The third-order valence-corrected chi connectivity index (χ3v) is 2.99. The molecule has 0 radical (unpaired) electrons. The number of pyridine rings is 1. The van der Waals surface area contributed by atoms with Gasteiger partial charge in [-0.25, -0.2) is 0 Å². The number of benzene rings is 1. The first-order valence-electron chi connectivity index (χ1n) is 6.37. The lowest BCUT2D eigenvalue weighted by Gasteiger charge is -1.96. The first-order valence-corrected chi connectivity index (χ1v) is 6.37. The molecule has 0 atom stereocenters. The molecule has 0 aliphatic rings. The van der Waals surface area contributed by atoms with Crippen LogP contribution in [0.5, 0.6) is 0 Å². The minimum absolute atomic E-state index is 0.0249. The molecule has 0 amide bonds. The minimum Gasteiger partial charge on any atom is -0.295 e. The van der Waals surface area contributed by atoms with Crippen LogP contribution in [0.4, 0.5) is 0 Å². The van der Waals surface area contributed by atoms with Gasteiger partial charge in [0.05, 0.1) is 6.08 Å². The van der Waals surface area contributed by atoms with Crippen molar-refractivity contribution in [1.82, 2.24) is 0 Å². The van der Waals surface area contributed by atoms with Gasteiger partial charge in [0.2, 0.25) is 0 Å². The van der Waals surface area contributed by atoms with Crippen molar-refractivity contribution in [2.75, 3.05) is 0 Å². The second kappa shape index (κ2) is 6.06. The normalized spacial score (nSPS) is 10.7. The van der Waals surface area contributed by atoms with Crippen LogP contribution in [0.15, 0.2) is 54.9 Å². The summed E-state index contributed by atoms with van der Waals surface area (Å²) >= 11 is 0. The van der Waals surface area contributed by atoms with Gasteiger partial charge in [-0.2, -0.15) is 4.57 Å². The van der Waals surface area contributed by atoms with E-state index in [-0.39, 0.29) is 11.6 Å². The Morgan fingerprint density at radius 1 is 0.950 bits per heavy atom.